The van der Waals surface area contributed by atoms with Gasteiger partial charge in [-0.25, -0.2) is 12.8 Å². The lowest BCUT2D eigenvalue weighted by molar-refractivity contribution is 0.197. The molecule has 0 unspecified atom stereocenters. The number of aryl methyl sites for hydroxylation is 1. The van der Waals surface area contributed by atoms with Gasteiger partial charge < -0.3 is 15.4 Å². The van der Waals surface area contributed by atoms with Crippen LogP contribution >= 0.6 is 24.0 Å². The number of anilines is 1. The molecule has 0 aliphatic rings. The summed E-state index contributed by atoms with van der Waals surface area (Å²) in [4.78, 5) is 4.33. The standard InChI is InChI=1S/C16H27FN4O3S.HI/c1-4-18-16(19-8-5-10-24-3)20-9-11-25(22,23)21-14-7-6-13(2)15(17)12-14;/h6-7,12,21H,4-5,8-11H2,1-3H3,(H2,18,19,20);1H. The van der Waals surface area contributed by atoms with Gasteiger partial charge in [-0.15, -0.1) is 24.0 Å². The van der Waals surface area contributed by atoms with Gasteiger partial charge in [-0.1, -0.05) is 6.07 Å². The molecule has 0 spiro atoms. The highest BCUT2D eigenvalue weighted by atomic mass is 127. The Kier molecular flexibility index (Phi) is 12.5. The molecule has 3 N–H and O–H groups in total. The second-order valence-corrected chi connectivity index (χ2v) is 7.26. The van der Waals surface area contributed by atoms with Crippen LogP contribution in [-0.2, 0) is 14.8 Å². The molecule has 0 aromatic heterocycles. The summed E-state index contributed by atoms with van der Waals surface area (Å²) in [7, 11) is -1.96. The van der Waals surface area contributed by atoms with Crippen molar-refractivity contribution in [2.24, 2.45) is 4.99 Å². The average molecular weight is 502 g/mol. The molecule has 1 aromatic carbocycles. The van der Waals surface area contributed by atoms with E-state index in [1.54, 1.807) is 14.0 Å². The molecule has 0 heterocycles. The third kappa shape index (κ3) is 10.1. The highest BCUT2D eigenvalue weighted by molar-refractivity contribution is 14.0. The van der Waals surface area contributed by atoms with Crippen LogP contribution in [0.4, 0.5) is 10.1 Å². The fourth-order valence-electron chi connectivity index (χ4n) is 1.93. The van der Waals surface area contributed by atoms with Crippen molar-refractivity contribution < 1.29 is 17.5 Å². The summed E-state index contributed by atoms with van der Waals surface area (Å²) in [6, 6.07) is 4.23. The number of benzene rings is 1. The summed E-state index contributed by atoms with van der Waals surface area (Å²) in [5.41, 5.74) is 0.674. The minimum Gasteiger partial charge on any atom is -0.385 e. The first kappa shape index (κ1) is 24.9. The summed E-state index contributed by atoms with van der Waals surface area (Å²) < 4.78 is 45.0. The average Bonchev–Trinajstić information content (AvgIpc) is 2.54. The summed E-state index contributed by atoms with van der Waals surface area (Å²) in [6.45, 7) is 5.59. The fourth-order valence-corrected chi connectivity index (χ4v) is 2.89. The zero-order valence-electron chi connectivity index (χ0n) is 15.3. The van der Waals surface area contributed by atoms with Crippen molar-refractivity contribution in [3.05, 3.63) is 29.6 Å². The fraction of sp³-hybridized carbons (Fsp3) is 0.562. The van der Waals surface area contributed by atoms with Crippen molar-refractivity contribution in [3.8, 4) is 0 Å². The Morgan fingerprint density at radius 2 is 2.04 bits per heavy atom. The number of nitrogens with zero attached hydrogens (tertiary/aromatic N) is 1. The predicted molar refractivity (Wildman–Crippen MR) is 114 cm³/mol. The SMILES string of the molecule is CCNC(=NCCCOC)NCCS(=O)(=O)Nc1ccc(C)c(F)c1.I. The van der Waals surface area contributed by atoms with Gasteiger partial charge in [0.1, 0.15) is 5.82 Å². The van der Waals surface area contributed by atoms with Crippen LogP contribution in [0.15, 0.2) is 23.2 Å². The Bertz CT molecular complexity index is 671. The predicted octanol–water partition coefficient (Wildman–Crippen LogP) is 2.09. The Morgan fingerprint density at radius 1 is 1.31 bits per heavy atom. The number of hydrogen-bond donors (Lipinski definition) is 3. The molecule has 0 aliphatic heterocycles. The Balaban J connectivity index is 0.00000625. The van der Waals surface area contributed by atoms with Crippen molar-refractivity contribution in [2.75, 3.05) is 43.8 Å². The normalized spacial score (nSPS) is 11.6. The van der Waals surface area contributed by atoms with E-state index in [0.717, 1.165) is 6.42 Å². The molecular weight excluding hydrogens is 474 g/mol. The summed E-state index contributed by atoms with van der Waals surface area (Å²) in [5.74, 6) is -0.0588. The molecule has 7 nitrogen and oxygen atoms in total. The highest BCUT2D eigenvalue weighted by Crippen LogP contribution is 2.14. The van der Waals surface area contributed by atoms with E-state index in [0.29, 0.717) is 31.2 Å². The Hall–Kier alpha value is -1.14. The van der Waals surface area contributed by atoms with Crippen molar-refractivity contribution in [1.29, 1.82) is 0 Å². The maximum absolute atomic E-state index is 13.5. The van der Waals surface area contributed by atoms with E-state index in [9.17, 15) is 12.8 Å². The number of nitrogens with one attached hydrogen (secondary N) is 3. The van der Waals surface area contributed by atoms with Crippen LogP contribution in [0.2, 0.25) is 0 Å². The van der Waals surface area contributed by atoms with Gasteiger partial charge in [-0.2, -0.15) is 0 Å². The molecular formula is C16H28FIN4O3S. The maximum atomic E-state index is 13.5. The smallest absolute Gasteiger partial charge is 0.234 e. The number of halogens is 2. The molecule has 0 aliphatic carbocycles. The second-order valence-electron chi connectivity index (χ2n) is 5.42. The lowest BCUT2D eigenvalue weighted by Crippen LogP contribution is -2.40. The van der Waals surface area contributed by atoms with Crippen LogP contribution in [0.1, 0.15) is 18.9 Å². The summed E-state index contributed by atoms with van der Waals surface area (Å²) in [6.07, 6.45) is 0.784. The molecule has 1 aromatic rings. The largest absolute Gasteiger partial charge is 0.385 e. The van der Waals surface area contributed by atoms with Crippen molar-refractivity contribution in [2.45, 2.75) is 20.3 Å². The van der Waals surface area contributed by atoms with E-state index < -0.39 is 15.8 Å². The van der Waals surface area contributed by atoms with Gasteiger partial charge in [0.05, 0.1) is 11.4 Å². The molecule has 1 rings (SSSR count). The molecule has 10 heteroatoms. The third-order valence-corrected chi connectivity index (χ3v) is 4.52. The Labute approximate surface area is 172 Å². The first-order chi connectivity index (χ1) is 11.9. The quantitative estimate of drug-likeness (QED) is 0.197. The monoisotopic (exact) mass is 502 g/mol. The van der Waals surface area contributed by atoms with Crippen molar-refractivity contribution >= 4 is 45.6 Å². The molecule has 0 amide bonds. The highest BCUT2D eigenvalue weighted by Gasteiger charge is 2.11. The van der Waals surface area contributed by atoms with Gasteiger partial charge in [0.2, 0.25) is 10.0 Å². The number of methoxy groups -OCH3 is 1. The molecule has 0 saturated heterocycles. The third-order valence-electron chi connectivity index (χ3n) is 3.23. The molecule has 26 heavy (non-hydrogen) atoms. The molecule has 0 atom stereocenters. The van der Waals surface area contributed by atoms with E-state index in [1.165, 1.54) is 18.2 Å². The molecule has 150 valence electrons. The van der Waals surface area contributed by atoms with Gasteiger partial charge in [0.25, 0.3) is 0 Å². The van der Waals surface area contributed by atoms with E-state index in [1.807, 2.05) is 6.92 Å². The van der Waals surface area contributed by atoms with E-state index in [-0.39, 0.29) is 42.0 Å². The van der Waals surface area contributed by atoms with Crippen LogP contribution < -0.4 is 15.4 Å². The van der Waals surface area contributed by atoms with Gasteiger partial charge in [0.15, 0.2) is 5.96 Å². The lowest BCUT2D eigenvalue weighted by atomic mass is 10.2. The van der Waals surface area contributed by atoms with E-state index in [2.05, 4.69) is 20.3 Å². The first-order valence-corrected chi connectivity index (χ1v) is 9.81. The van der Waals surface area contributed by atoms with Gasteiger partial charge >= 0.3 is 0 Å². The van der Waals surface area contributed by atoms with E-state index in [4.69, 9.17) is 4.74 Å². The minimum atomic E-state index is -3.59. The number of aliphatic imine (C=N–C) groups is 1. The topological polar surface area (TPSA) is 91.8 Å². The van der Waals surface area contributed by atoms with Crippen molar-refractivity contribution in [3.63, 3.8) is 0 Å². The molecule has 0 bridgehead atoms. The first-order valence-electron chi connectivity index (χ1n) is 8.15. The summed E-state index contributed by atoms with van der Waals surface area (Å²) >= 11 is 0. The number of guanidine groups is 1. The number of hydrogen-bond acceptors (Lipinski definition) is 4. The summed E-state index contributed by atoms with van der Waals surface area (Å²) in [5, 5.41) is 6.01. The van der Waals surface area contributed by atoms with Crippen LogP contribution in [0.25, 0.3) is 0 Å². The van der Waals surface area contributed by atoms with Gasteiger partial charge in [-0.3, -0.25) is 9.71 Å². The van der Waals surface area contributed by atoms with Crippen LogP contribution in [0.3, 0.4) is 0 Å². The number of ether oxygens (including phenoxy) is 1. The van der Waals surface area contributed by atoms with E-state index >= 15 is 0 Å². The van der Waals surface area contributed by atoms with Gasteiger partial charge in [0, 0.05) is 33.4 Å². The van der Waals surface area contributed by atoms with Gasteiger partial charge in [-0.05, 0) is 38.0 Å². The maximum Gasteiger partial charge on any atom is 0.234 e. The lowest BCUT2D eigenvalue weighted by Gasteiger charge is -2.12. The molecule has 0 fully saturated rings. The van der Waals surface area contributed by atoms with Crippen LogP contribution in [-0.4, -0.2) is 53.5 Å². The second kappa shape index (κ2) is 13.1. The minimum absolute atomic E-state index is 0. The van der Waals surface area contributed by atoms with Crippen LogP contribution in [0.5, 0.6) is 0 Å². The molecule has 0 saturated carbocycles. The zero-order valence-corrected chi connectivity index (χ0v) is 18.5. The van der Waals surface area contributed by atoms with Crippen molar-refractivity contribution in [1.82, 2.24) is 10.6 Å². The number of rotatable bonds is 10. The molecule has 0 radical (unpaired) electrons. The number of sulfonamides is 1. The van der Waals surface area contributed by atoms with Crippen LogP contribution in [0, 0.1) is 12.7 Å². The Morgan fingerprint density at radius 3 is 2.65 bits per heavy atom. The zero-order chi connectivity index (χ0) is 18.7.